The summed E-state index contributed by atoms with van der Waals surface area (Å²) in [6, 6.07) is 0. The first-order chi connectivity index (χ1) is 5.29. The number of aliphatic hydroxyl groups excluding tert-OH is 1. The summed E-state index contributed by atoms with van der Waals surface area (Å²) in [6.45, 7) is 3.09. The standard InChI is InChI=1S/C7H13N3O/c1-6(11)2-8-3-7-4-9-5-10-7/h4-6,8,11H,2-3H2,1H3,(H,9,10)/t6-/m1/s1. The van der Waals surface area contributed by atoms with Gasteiger partial charge in [0.1, 0.15) is 0 Å². The van der Waals surface area contributed by atoms with Gasteiger partial charge in [-0.05, 0) is 6.92 Å². The van der Waals surface area contributed by atoms with Gasteiger partial charge in [0.15, 0.2) is 0 Å². The van der Waals surface area contributed by atoms with E-state index < -0.39 is 0 Å². The Morgan fingerprint density at radius 1 is 1.82 bits per heavy atom. The van der Waals surface area contributed by atoms with E-state index in [1.54, 1.807) is 19.4 Å². The maximum Gasteiger partial charge on any atom is 0.0922 e. The first kappa shape index (κ1) is 8.23. The van der Waals surface area contributed by atoms with E-state index in [1.807, 2.05) is 0 Å². The number of aromatic amines is 1. The summed E-state index contributed by atoms with van der Waals surface area (Å²) in [6.07, 6.45) is 3.10. The van der Waals surface area contributed by atoms with Crippen molar-refractivity contribution in [3.63, 3.8) is 0 Å². The molecule has 0 radical (unpaired) electrons. The summed E-state index contributed by atoms with van der Waals surface area (Å²) in [7, 11) is 0. The highest BCUT2D eigenvalue weighted by Gasteiger charge is 1.95. The van der Waals surface area contributed by atoms with E-state index in [0.717, 1.165) is 12.2 Å². The van der Waals surface area contributed by atoms with Gasteiger partial charge in [-0.1, -0.05) is 0 Å². The number of H-pyrrole nitrogens is 1. The molecule has 3 N–H and O–H groups in total. The second kappa shape index (κ2) is 4.10. The molecule has 0 amide bonds. The maximum atomic E-state index is 8.89. The molecule has 0 saturated heterocycles. The summed E-state index contributed by atoms with van der Waals surface area (Å²) >= 11 is 0. The molecule has 0 unspecified atom stereocenters. The van der Waals surface area contributed by atoms with Crippen molar-refractivity contribution in [2.24, 2.45) is 0 Å². The van der Waals surface area contributed by atoms with Crippen molar-refractivity contribution in [2.45, 2.75) is 19.6 Å². The van der Waals surface area contributed by atoms with E-state index in [0.29, 0.717) is 6.54 Å². The van der Waals surface area contributed by atoms with E-state index in [-0.39, 0.29) is 6.10 Å². The normalized spacial score (nSPS) is 13.3. The van der Waals surface area contributed by atoms with Gasteiger partial charge in [-0.3, -0.25) is 0 Å². The Labute approximate surface area is 65.7 Å². The zero-order valence-electron chi connectivity index (χ0n) is 6.54. The van der Waals surface area contributed by atoms with Crippen LogP contribution >= 0.6 is 0 Å². The van der Waals surface area contributed by atoms with Gasteiger partial charge in [0.25, 0.3) is 0 Å². The van der Waals surface area contributed by atoms with Crippen molar-refractivity contribution in [1.29, 1.82) is 0 Å². The van der Waals surface area contributed by atoms with E-state index in [9.17, 15) is 0 Å². The summed E-state index contributed by atoms with van der Waals surface area (Å²) < 4.78 is 0. The maximum absolute atomic E-state index is 8.89. The molecule has 0 aliphatic rings. The first-order valence-corrected chi connectivity index (χ1v) is 3.65. The average molecular weight is 155 g/mol. The monoisotopic (exact) mass is 155 g/mol. The van der Waals surface area contributed by atoms with Gasteiger partial charge in [0, 0.05) is 25.0 Å². The minimum atomic E-state index is -0.294. The lowest BCUT2D eigenvalue weighted by Crippen LogP contribution is -2.23. The number of imidazole rings is 1. The third-order valence-corrected chi connectivity index (χ3v) is 1.31. The number of hydrogen-bond donors (Lipinski definition) is 3. The summed E-state index contributed by atoms with van der Waals surface area (Å²) in [5.74, 6) is 0. The smallest absolute Gasteiger partial charge is 0.0922 e. The van der Waals surface area contributed by atoms with Crippen LogP contribution in [0.15, 0.2) is 12.5 Å². The molecule has 0 fully saturated rings. The van der Waals surface area contributed by atoms with Crippen molar-refractivity contribution in [3.8, 4) is 0 Å². The van der Waals surface area contributed by atoms with E-state index in [4.69, 9.17) is 5.11 Å². The van der Waals surface area contributed by atoms with Crippen LogP contribution in [-0.4, -0.2) is 27.7 Å². The Morgan fingerprint density at radius 2 is 2.64 bits per heavy atom. The van der Waals surface area contributed by atoms with Crippen molar-refractivity contribution in [2.75, 3.05) is 6.54 Å². The lowest BCUT2D eigenvalue weighted by Gasteiger charge is -2.04. The van der Waals surface area contributed by atoms with Crippen LogP contribution in [0.1, 0.15) is 12.6 Å². The van der Waals surface area contributed by atoms with Crippen LogP contribution in [0.2, 0.25) is 0 Å². The lowest BCUT2D eigenvalue weighted by molar-refractivity contribution is 0.191. The molecule has 1 heterocycles. The van der Waals surface area contributed by atoms with Crippen LogP contribution in [0.25, 0.3) is 0 Å². The van der Waals surface area contributed by atoms with Gasteiger partial charge in [0.05, 0.1) is 12.4 Å². The highest BCUT2D eigenvalue weighted by molar-refractivity contribution is 4.92. The molecule has 62 valence electrons. The van der Waals surface area contributed by atoms with Crippen molar-refractivity contribution in [1.82, 2.24) is 15.3 Å². The van der Waals surface area contributed by atoms with Crippen LogP contribution in [-0.2, 0) is 6.54 Å². The van der Waals surface area contributed by atoms with Crippen LogP contribution < -0.4 is 5.32 Å². The van der Waals surface area contributed by atoms with Gasteiger partial charge in [-0.15, -0.1) is 0 Å². The molecule has 0 aromatic carbocycles. The SMILES string of the molecule is C[C@@H](O)CNCc1cnc[nH]1. The second-order valence-electron chi connectivity index (χ2n) is 2.56. The molecule has 0 saturated carbocycles. The van der Waals surface area contributed by atoms with Gasteiger partial charge >= 0.3 is 0 Å². The highest BCUT2D eigenvalue weighted by Crippen LogP contribution is 1.88. The van der Waals surface area contributed by atoms with Crippen LogP contribution in [0.3, 0.4) is 0 Å². The summed E-state index contributed by atoms with van der Waals surface area (Å²) in [5, 5.41) is 12.0. The van der Waals surface area contributed by atoms with Crippen molar-refractivity contribution < 1.29 is 5.11 Å². The minimum Gasteiger partial charge on any atom is -0.392 e. The Hall–Kier alpha value is -0.870. The van der Waals surface area contributed by atoms with Gasteiger partial charge in [0.2, 0.25) is 0 Å². The number of aliphatic hydroxyl groups is 1. The topological polar surface area (TPSA) is 60.9 Å². The number of nitrogens with zero attached hydrogens (tertiary/aromatic N) is 1. The molecule has 4 nitrogen and oxygen atoms in total. The Kier molecular flexibility index (Phi) is 3.07. The van der Waals surface area contributed by atoms with E-state index in [2.05, 4.69) is 15.3 Å². The Bertz CT molecular complexity index is 184. The van der Waals surface area contributed by atoms with Crippen molar-refractivity contribution in [3.05, 3.63) is 18.2 Å². The summed E-state index contributed by atoms with van der Waals surface area (Å²) in [5.41, 5.74) is 1.03. The predicted octanol–water partition coefficient (Wildman–Crippen LogP) is -0.120. The molecule has 1 rings (SSSR count). The molecular formula is C7H13N3O. The van der Waals surface area contributed by atoms with Crippen LogP contribution in [0.4, 0.5) is 0 Å². The number of rotatable bonds is 4. The highest BCUT2D eigenvalue weighted by atomic mass is 16.3. The molecule has 0 spiro atoms. The largest absolute Gasteiger partial charge is 0.392 e. The molecule has 0 aliphatic heterocycles. The molecule has 4 heteroatoms. The van der Waals surface area contributed by atoms with E-state index in [1.165, 1.54) is 0 Å². The van der Waals surface area contributed by atoms with Gasteiger partial charge in [-0.2, -0.15) is 0 Å². The number of nitrogens with one attached hydrogen (secondary N) is 2. The third kappa shape index (κ3) is 3.15. The summed E-state index contributed by atoms with van der Waals surface area (Å²) in [4.78, 5) is 6.82. The van der Waals surface area contributed by atoms with E-state index >= 15 is 0 Å². The molecule has 0 bridgehead atoms. The third-order valence-electron chi connectivity index (χ3n) is 1.31. The van der Waals surface area contributed by atoms with Crippen molar-refractivity contribution >= 4 is 0 Å². The number of aromatic nitrogens is 2. The van der Waals surface area contributed by atoms with Gasteiger partial charge in [-0.25, -0.2) is 4.98 Å². The lowest BCUT2D eigenvalue weighted by atomic mass is 10.4. The fourth-order valence-corrected chi connectivity index (χ4v) is 0.797. The zero-order chi connectivity index (χ0) is 8.10. The minimum absolute atomic E-state index is 0.294. The molecule has 1 aromatic rings. The fraction of sp³-hybridized carbons (Fsp3) is 0.571. The van der Waals surface area contributed by atoms with Crippen LogP contribution in [0.5, 0.6) is 0 Å². The fourth-order valence-electron chi connectivity index (χ4n) is 0.797. The average Bonchev–Trinajstić information content (AvgIpc) is 2.39. The Morgan fingerprint density at radius 3 is 3.18 bits per heavy atom. The van der Waals surface area contributed by atoms with Crippen LogP contribution in [0, 0.1) is 0 Å². The second-order valence-corrected chi connectivity index (χ2v) is 2.56. The molecule has 1 aromatic heterocycles. The molecule has 11 heavy (non-hydrogen) atoms. The molecular weight excluding hydrogens is 142 g/mol. The zero-order valence-corrected chi connectivity index (χ0v) is 6.54. The van der Waals surface area contributed by atoms with Gasteiger partial charge < -0.3 is 15.4 Å². The predicted molar refractivity (Wildman–Crippen MR) is 42.0 cm³/mol. The quantitative estimate of drug-likeness (QED) is 0.568. The molecule has 0 aliphatic carbocycles. The molecule has 1 atom stereocenters. The first-order valence-electron chi connectivity index (χ1n) is 3.65. The Balaban J connectivity index is 2.14. The number of hydrogen-bond acceptors (Lipinski definition) is 3.